The lowest BCUT2D eigenvalue weighted by molar-refractivity contribution is 0.174. The fourth-order valence-corrected chi connectivity index (χ4v) is 6.17. The second-order valence-electron chi connectivity index (χ2n) is 9.15. The maximum atomic E-state index is 12.8. The number of nitrogens with one attached hydrogen (secondary N) is 1. The third-order valence-electron chi connectivity index (χ3n) is 6.84. The Kier molecular flexibility index (Phi) is 7.54. The van der Waals surface area contributed by atoms with Crippen LogP contribution in [0.5, 0.6) is 11.5 Å². The summed E-state index contributed by atoms with van der Waals surface area (Å²) in [6, 6.07) is 12.7. The Morgan fingerprint density at radius 2 is 1.68 bits per heavy atom. The van der Waals surface area contributed by atoms with E-state index in [1.807, 2.05) is 26.0 Å². The highest BCUT2D eigenvalue weighted by molar-refractivity contribution is 7.89. The standard InChI is InChI=1S/C26H33N7O4S/c1-3-33(4-2)38(34,35)21-8-6-20(7-9-21)30-25-24(27)26(29-17-28-25)32-13-11-31(12-14-32)16-19-5-10-22-23(15-19)37-18-36-22/h5-10,15,17H,3-4,11-14,16,18,27H2,1-2H3,(H,28,29,30). The van der Waals surface area contributed by atoms with Gasteiger partial charge in [-0.2, -0.15) is 4.31 Å². The van der Waals surface area contributed by atoms with Crippen molar-refractivity contribution in [2.75, 3.05) is 62.0 Å². The Labute approximate surface area is 223 Å². The topological polar surface area (TPSA) is 126 Å². The number of piperazine rings is 1. The van der Waals surface area contributed by atoms with Gasteiger partial charge in [0.15, 0.2) is 23.1 Å². The Morgan fingerprint density at radius 3 is 2.39 bits per heavy atom. The summed E-state index contributed by atoms with van der Waals surface area (Å²) in [6.45, 7) is 8.89. The second-order valence-corrected chi connectivity index (χ2v) is 11.1. The molecule has 3 aromatic rings. The number of sulfonamides is 1. The van der Waals surface area contributed by atoms with Crippen molar-refractivity contribution >= 4 is 33.0 Å². The van der Waals surface area contributed by atoms with Gasteiger partial charge in [0.25, 0.3) is 0 Å². The molecule has 0 unspecified atom stereocenters. The number of hydrogen-bond acceptors (Lipinski definition) is 10. The lowest BCUT2D eigenvalue weighted by atomic mass is 10.1. The van der Waals surface area contributed by atoms with Crippen LogP contribution in [0.15, 0.2) is 53.7 Å². The van der Waals surface area contributed by atoms with E-state index in [1.54, 1.807) is 24.3 Å². The normalized spacial score (nSPS) is 15.7. The van der Waals surface area contributed by atoms with Crippen molar-refractivity contribution in [1.29, 1.82) is 0 Å². The Bertz CT molecular complexity index is 1370. The molecule has 2 aliphatic heterocycles. The third-order valence-corrected chi connectivity index (χ3v) is 8.90. The number of hydrogen-bond donors (Lipinski definition) is 2. The van der Waals surface area contributed by atoms with Crippen LogP contribution in [0.3, 0.4) is 0 Å². The zero-order valence-electron chi connectivity index (χ0n) is 21.6. The van der Waals surface area contributed by atoms with Crippen LogP contribution in [-0.4, -0.2) is 73.7 Å². The third kappa shape index (κ3) is 5.33. The molecule has 5 rings (SSSR count). The highest BCUT2D eigenvalue weighted by Gasteiger charge is 2.23. The van der Waals surface area contributed by atoms with Crippen LogP contribution in [0, 0.1) is 0 Å². The minimum absolute atomic E-state index is 0.252. The van der Waals surface area contributed by atoms with Crippen LogP contribution in [0.25, 0.3) is 0 Å². The molecule has 2 aromatic carbocycles. The number of benzene rings is 2. The zero-order chi connectivity index (χ0) is 26.7. The predicted octanol–water partition coefficient (Wildman–Crippen LogP) is 2.88. The number of aromatic nitrogens is 2. The maximum Gasteiger partial charge on any atom is 0.243 e. The molecule has 11 nitrogen and oxygen atoms in total. The summed E-state index contributed by atoms with van der Waals surface area (Å²) in [7, 11) is -3.51. The van der Waals surface area contributed by atoms with Gasteiger partial charge >= 0.3 is 0 Å². The van der Waals surface area contributed by atoms with E-state index >= 15 is 0 Å². The van der Waals surface area contributed by atoms with Crippen molar-refractivity contribution < 1.29 is 17.9 Å². The van der Waals surface area contributed by atoms with Gasteiger partial charge in [-0.05, 0) is 42.0 Å². The Balaban J connectivity index is 1.22. The van der Waals surface area contributed by atoms with Gasteiger partial charge in [-0.25, -0.2) is 18.4 Å². The van der Waals surface area contributed by atoms with E-state index in [2.05, 4.69) is 31.2 Å². The van der Waals surface area contributed by atoms with Gasteiger partial charge in [-0.1, -0.05) is 19.9 Å². The maximum absolute atomic E-state index is 12.8. The van der Waals surface area contributed by atoms with Gasteiger partial charge in [0.05, 0.1) is 4.90 Å². The highest BCUT2D eigenvalue weighted by Crippen LogP contribution is 2.33. The fourth-order valence-electron chi connectivity index (χ4n) is 4.71. The molecule has 3 heterocycles. The number of rotatable bonds is 9. The molecule has 0 atom stereocenters. The van der Waals surface area contributed by atoms with E-state index in [0.717, 1.165) is 44.2 Å². The molecule has 2 aliphatic rings. The smallest absolute Gasteiger partial charge is 0.243 e. The van der Waals surface area contributed by atoms with Crippen LogP contribution >= 0.6 is 0 Å². The predicted molar refractivity (Wildman–Crippen MR) is 146 cm³/mol. The summed E-state index contributed by atoms with van der Waals surface area (Å²) >= 11 is 0. The summed E-state index contributed by atoms with van der Waals surface area (Å²) in [5, 5.41) is 3.21. The Morgan fingerprint density at radius 1 is 0.974 bits per heavy atom. The molecule has 0 amide bonds. The zero-order valence-corrected chi connectivity index (χ0v) is 22.4. The van der Waals surface area contributed by atoms with Crippen molar-refractivity contribution in [3.05, 3.63) is 54.4 Å². The quantitative estimate of drug-likeness (QED) is 0.419. The molecule has 202 valence electrons. The molecular weight excluding hydrogens is 506 g/mol. The summed E-state index contributed by atoms with van der Waals surface area (Å²) in [4.78, 5) is 13.6. The van der Waals surface area contributed by atoms with Crippen LogP contribution in [-0.2, 0) is 16.6 Å². The summed E-state index contributed by atoms with van der Waals surface area (Å²) in [6.07, 6.45) is 1.49. The van der Waals surface area contributed by atoms with Crippen LogP contribution in [0.2, 0.25) is 0 Å². The molecular formula is C26H33N7O4S. The first-order valence-corrected chi connectivity index (χ1v) is 14.2. The number of nitrogens with zero attached hydrogens (tertiary/aromatic N) is 5. The van der Waals surface area contributed by atoms with E-state index in [-0.39, 0.29) is 11.7 Å². The molecule has 1 saturated heterocycles. The van der Waals surface area contributed by atoms with Crippen molar-refractivity contribution in [1.82, 2.24) is 19.2 Å². The van der Waals surface area contributed by atoms with Crippen LogP contribution < -0.4 is 25.4 Å². The molecule has 1 fully saturated rings. The van der Waals surface area contributed by atoms with E-state index in [9.17, 15) is 8.42 Å². The average molecular weight is 540 g/mol. The van der Waals surface area contributed by atoms with Gasteiger partial charge in [-0.3, -0.25) is 4.90 Å². The molecule has 12 heteroatoms. The highest BCUT2D eigenvalue weighted by atomic mass is 32.2. The van der Waals surface area contributed by atoms with Gasteiger partial charge in [0.2, 0.25) is 16.8 Å². The van der Waals surface area contributed by atoms with Gasteiger partial charge in [0, 0.05) is 51.5 Å². The second kappa shape index (κ2) is 11.0. The number of nitrogens with two attached hydrogens (primary N) is 1. The van der Waals surface area contributed by atoms with Gasteiger partial charge < -0.3 is 25.4 Å². The van der Waals surface area contributed by atoms with E-state index in [4.69, 9.17) is 15.2 Å². The number of ether oxygens (including phenoxy) is 2. The molecule has 0 spiro atoms. The summed E-state index contributed by atoms with van der Waals surface area (Å²) in [5.41, 5.74) is 8.81. The SMILES string of the molecule is CCN(CC)S(=O)(=O)c1ccc(Nc2ncnc(N3CCN(Cc4ccc5c(c4)OCO5)CC3)c2N)cc1. The van der Waals surface area contributed by atoms with Gasteiger partial charge in [0.1, 0.15) is 12.0 Å². The number of nitrogen functional groups attached to an aromatic ring is 1. The lowest BCUT2D eigenvalue weighted by Crippen LogP contribution is -2.46. The molecule has 38 heavy (non-hydrogen) atoms. The van der Waals surface area contributed by atoms with E-state index in [1.165, 1.54) is 16.2 Å². The minimum atomic E-state index is -3.51. The summed E-state index contributed by atoms with van der Waals surface area (Å²) in [5.74, 6) is 2.76. The van der Waals surface area contributed by atoms with Crippen molar-refractivity contribution in [3.8, 4) is 11.5 Å². The number of anilines is 4. The van der Waals surface area contributed by atoms with Gasteiger partial charge in [-0.15, -0.1) is 0 Å². The first-order valence-electron chi connectivity index (χ1n) is 12.7. The van der Waals surface area contributed by atoms with Crippen LogP contribution in [0.4, 0.5) is 23.0 Å². The van der Waals surface area contributed by atoms with Crippen molar-refractivity contribution in [2.45, 2.75) is 25.3 Å². The monoisotopic (exact) mass is 539 g/mol. The molecule has 3 N–H and O–H groups in total. The lowest BCUT2D eigenvalue weighted by Gasteiger charge is -2.36. The van der Waals surface area contributed by atoms with Crippen LogP contribution in [0.1, 0.15) is 19.4 Å². The number of fused-ring (bicyclic) bond motifs is 1. The largest absolute Gasteiger partial charge is 0.454 e. The van der Waals surface area contributed by atoms with Crippen molar-refractivity contribution in [3.63, 3.8) is 0 Å². The van der Waals surface area contributed by atoms with E-state index < -0.39 is 10.0 Å². The average Bonchev–Trinajstić information content (AvgIpc) is 3.39. The first kappa shape index (κ1) is 26.0. The molecule has 0 radical (unpaired) electrons. The molecule has 0 saturated carbocycles. The fraction of sp³-hybridized carbons (Fsp3) is 0.385. The summed E-state index contributed by atoms with van der Waals surface area (Å²) < 4.78 is 37.8. The van der Waals surface area contributed by atoms with E-state index in [0.29, 0.717) is 36.1 Å². The minimum Gasteiger partial charge on any atom is -0.454 e. The first-order chi connectivity index (χ1) is 18.4. The molecule has 1 aromatic heterocycles. The molecule has 0 aliphatic carbocycles. The Hall–Kier alpha value is -3.61. The van der Waals surface area contributed by atoms with Crippen molar-refractivity contribution in [2.24, 2.45) is 0 Å². The molecule has 0 bridgehead atoms.